The number of aromatic nitrogens is 4. The van der Waals surface area contributed by atoms with Gasteiger partial charge in [0.25, 0.3) is 5.56 Å². The van der Waals surface area contributed by atoms with Crippen LogP contribution in [-0.2, 0) is 7.05 Å². The molecule has 1 saturated heterocycles. The third-order valence-corrected chi connectivity index (χ3v) is 6.30. The summed E-state index contributed by atoms with van der Waals surface area (Å²) in [5.41, 5.74) is 2.24. The molecule has 0 aliphatic carbocycles. The van der Waals surface area contributed by atoms with Crippen LogP contribution in [0.3, 0.4) is 0 Å². The van der Waals surface area contributed by atoms with Crippen molar-refractivity contribution in [3.05, 3.63) is 83.0 Å². The number of ether oxygens (including phenoxy) is 1. The van der Waals surface area contributed by atoms with Crippen molar-refractivity contribution in [2.24, 2.45) is 7.05 Å². The van der Waals surface area contributed by atoms with Crippen LogP contribution in [0, 0.1) is 5.82 Å². The van der Waals surface area contributed by atoms with E-state index in [0.717, 1.165) is 25.9 Å². The molecular weight excluding hydrogens is 433 g/mol. The summed E-state index contributed by atoms with van der Waals surface area (Å²) in [5.74, 6) is 0.272. The Bertz CT molecular complexity index is 1340. The van der Waals surface area contributed by atoms with Crippen LogP contribution in [0.15, 0.2) is 71.7 Å². The summed E-state index contributed by atoms with van der Waals surface area (Å²) in [6.07, 6.45) is 3.37. The van der Waals surface area contributed by atoms with Crippen LogP contribution in [0.5, 0.6) is 11.8 Å². The zero-order chi connectivity index (χ0) is 23.7. The van der Waals surface area contributed by atoms with Gasteiger partial charge in [-0.3, -0.25) is 9.48 Å². The normalized spacial score (nSPS) is 14.9. The van der Waals surface area contributed by atoms with Crippen molar-refractivity contribution >= 4 is 0 Å². The van der Waals surface area contributed by atoms with Crippen molar-refractivity contribution in [1.82, 2.24) is 24.2 Å². The van der Waals surface area contributed by atoms with Crippen LogP contribution in [0.4, 0.5) is 4.39 Å². The average Bonchev–Trinajstić information content (AvgIpc) is 3.11. The number of hydrogen-bond donors (Lipinski definition) is 0. The predicted molar refractivity (Wildman–Crippen MR) is 128 cm³/mol. The number of benzene rings is 2. The summed E-state index contributed by atoms with van der Waals surface area (Å²) in [4.78, 5) is 24.9. The highest BCUT2D eigenvalue weighted by molar-refractivity contribution is 5.79. The van der Waals surface area contributed by atoms with Gasteiger partial charge in [-0.05, 0) is 68.9 Å². The third-order valence-electron chi connectivity index (χ3n) is 6.30. The van der Waals surface area contributed by atoms with Crippen molar-refractivity contribution < 1.29 is 9.13 Å². The molecule has 4 aromatic rings. The summed E-state index contributed by atoms with van der Waals surface area (Å²) in [6, 6.07) is 17.3. The van der Waals surface area contributed by atoms with E-state index in [1.54, 1.807) is 24.4 Å². The molecule has 0 N–H and O–H groups in total. The van der Waals surface area contributed by atoms with Crippen LogP contribution < -0.4 is 10.3 Å². The lowest BCUT2D eigenvalue weighted by Crippen LogP contribution is -2.36. The molecule has 0 bridgehead atoms. The average molecular weight is 460 g/mol. The molecule has 0 saturated carbocycles. The van der Waals surface area contributed by atoms with Gasteiger partial charge in [-0.2, -0.15) is 4.98 Å². The van der Waals surface area contributed by atoms with Crippen LogP contribution in [0.2, 0.25) is 0 Å². The molecule has 3 heterocycles. The zero-order valence-corrected chi connectivity index (χ0v) is 19.2. The van der Waals surface area contributed by atoms with E-state index < -0.39 is 0 Å². The molecule has 2 aromatic heterocycles. The highest BCUT2D eigenvalue weighted by atomic mass is 19.1. The van der Waals surface area contributed by atoms with Gasteiger partial charge in [0.1, 0.15) is 11.6 Å². The summed E-state index contributed by atoms with van der Waals surface area (Å²) in [7, 11) is 3.97. The standard InChI is InChI=1S/C26H26FN5O2/c1-30-16-13-20(14-17-30)32-25(33)23(18-8-10-19(27)11-9-18)24(31(32)2)22-12-15-28-26(29-22)34-21-6-4-3-5-7-21/h3-12,15,20H,13-14,16-17H2,1-2H3. The Morgan fingerprint density at radius 2 is 1.68 bits per heavy atom. The molecule has 5 rings (SSSR count). The van der Waals surface area contributed by atoms with Gasteiger partial charge in [0.15, 0.2) is 0 Å². The predicted octanol–water partition coefficient (Wildman–Crippen LogP) is 4.51. The van der Waals surface area contributed by atoms with Crippen LogP contribution in [-0.4, -0.2) is 44.4 Å². The maximum Gasteiger partial charge on any atom is 0.322 e. The summed E-state index contributed by atoms with van der Waals surface area (Å²) >= 11 is 0. The number of hydrogen-bond acceptors (Lipinski definition) is 5. The molecule has 34 heavy (non-hydrogen) atoms. The van der Waals surface area contributed by atoms with Crippen molar-refractivity contribution in [2.75, 3.05) is 20.1 Å². The molecule has 0 amide bonds. The number of likely N-dealkylation sites (tertiary alicyclic amines) is 1. The second-order valence-corrected chi connectivity index (χ2v) is 8.58. The van der Waals surface area contributed by atoms with Gasteiger partial charge in [-0.25, -0.2) is 14.1 Å². The van der Waals surface area contributed by atoms with Crippen molar-refractivity contribution in [3.8, 4) is 34.3 Å². The Morgan fingerprint density at radius 3 is 2.38 bits per heavy atom. The van der Waals surface area contributed by atoms with Gasteiger partial charge in [0, 0.05) is 13.2 Å². The Labute approximate surface area is 197 Å². The van der Waals surface area contributed by atoms with Gasteiger partial charge < -0.3 is 9.64 Å². The third kappa shape index (κ3) is 4.24. The summed E-state index contributed by atoms with van der Waals surface area (Å²) < 4.78 is 23.2. The molecule has 0 spiro atoms. The second-order valence-electron chi connectivity index (χ2n) is 8.58. The molecule has 1 fully saturated rings. The fraction of sp³-hybridized carbons (Fsp3) is 0.269. The molecular formula is C26H26FN5O2. The first-order chi connectivity index (χ1) is 16.5. The maximum atomic E-state index is 13.8. The smallest absolute Gasteiger partial charge is 0.322 e. The van der Waals surface area contributed by atoms with E-state index in [2.05, 4.69) is 21.9 Å². The first-order valence-corrected chi connectivity index (χ1v) is 11.3. The zero-order valence-electron chi connectivity index (χ0n) is 19.2. The first-order valence-electron chi connectivity index (χ1n) is 11.3. The van der Waals surface area contributed by atoms with Crippen LogP contribution in [0.1, 0.15) is 18.9 Å². The molecule has 7 nitrogen and oxygen atoms in total. The number of rotatable bonds is 5. The lowest BCUT2D eigenvalue weighted by Gasteiger charge is -2.30. The summed E-state index contributed by atoms with van der Waals surface area (Å²) in [6.45, 7) is 1.85. The molecule has 1 aliphatic rings. The first kappa shape index (κ1) is 22.0. The SMILES string of the molecule is CN1CCC(n2c(=O)c(-c3ccc(F)cc3)c(-c3ccnc(Oc4ccccc4)n3)n2C)CC1. The van der Waals surface area contributed by atoms with E-state index >= 15 is 0 Å². The number of nitrogens with zero attached hydrogens (tertiary/aromatic N) is 5. The molecule has 174 valence electrons. The van der Waals surface area contributed by atoms with E-state index in [0.29, 0.717) is 28.3 Å². The van der Waals surface area contributed by atoms with E-state index in [-0.39, 0.29) is 23.4 Å². The van der Waals surface area contributed by atoms with Crippen molar-refractivity contribution in [2.45, 2.75) is 18.9 Å². The minimum absolute atomic E-state index is 0.0727. The minimum Gasteiger partial charge on any atom is -0.424 e. The highest BCUT2D eigenvalue weighted by Gasteiger charge is 2.28. The molecule has 8 heteroatoms. The van der Waals surface area contributed by atoms with Crippen LogP contribution >= 0.6 is 0 Å². The monoisotopic (exact) mass is 459 g/mol. The fourth-order valence-corrected chi connectivity index (χ4v) is 4.56. The maximum absolute atomic E-state index is 13.8. The molecule has 0 unspecified atom stereocenters. The largest absolute Gasteiger partial charge is 0.424 e. The van der Waals surface area contributed by atoms with E-state index in [1.165, 1.54) is 12.1 Å². The van der Waals surface area contributed by atoms with Gasteiger partial charge in [0.2, 0.25) is 0 Å². The highest BCUT2D eigenvalue weighted by Crippen LogP contribution is 2.32. The number of piperidine rings is 1. The quantitative estimate of drug-likeness (QED) is 0.439. The van der Waals surface area contributed by atoms with Gasteiger partial charge in [0.05, 0.1) is 23.0 Å². The van der Waals surface area contributed by atoms with Gasteiger partial charge >= 0.3 is 6.01 Å². The van der Waals surface area contributed by atoms with E-state index in [1.807, 2.05) is 46.7 Å². The Balaban J connectivity index is 1.64. The van der Waals surface area contributed by atoms with Crippen LogP contribution in [0.25, 0.3) is 22.5 Å². The Morgan fingerprint density at radius 1 is 0.971 bits per heavy atom. The molecule has 2 aromatic carbocycles. The Kier molecular flexibility index (Phi) is 5.98. The van der Waals surface area contributed by atoms with Crippen molar-refractivity contribution in [1.29, 1.82) is 0 Å². The molecule has 1 aliphatic heterocycles. The number of halogens is 1. The second kappa shape index (κ2) is 9.23. The lowest BCUT2D eigenvalue weighted by atomic mass is 10.0. The summed E-state index contributed by atoms with van der Waals surface area (Å²) in [5, 5.41) is 0. The number of para-hydroxylation sites is 1. The van der Waals surface area contributed by atoms with Gasteiger partial charge in [-0.15, -0.1) is 0 Å². The molecule has 0 atom stereocenters. The lowest BCUT2D eigenvalue weighted by molar-refractivity contribution is 0.200. The minimum atomic E-state index is -0.350. The van der Waals surface area contributed by atoms with Crippen molar-refractivity contribution in [3.63, 3.8) is 0 Å². The molecule has 0 radical (unpaired) electrons. The van der Waals surface area contributed by atoms with E-state index in [9.17, 15) is 9.18 Å². The Hall–Kier alpha value is -3.78. The van der Waals surface area contributed by atoms with Gasteiger partial charge in [-0.1, -0.05) is 30.3 Å². The fourth-order valence-electron chi connectivity index (χ4n) is 4.56. The topological polar surface area (TPSA) is 65.2 Å². The van der Waals surface area contributed by atoms with E-state index in [4.69, 9.17) is 4.74 Å².